The van der Waals surface area contributed by atoms with E-state index in [1.165, 1.54) is 32.1 Å². The number of rotatable bonds is 7. The molecule has 0 aromatic heterocycles. The van der Waals surface area contributed by atoms with E-state index in [1.54, 1.807) is 0 Å². The highest BCUT2D eigenvalue weighted by Crippen LogP contribution is 2.28. The maximum Gasteiger partial charge on any atom is 0.0154 e. The lowest BCUT2D eigenvalue weighted by Crippen LogP contribution is -2.44. The standard InChI is InChI=1S/C12H27N/c1-5-8-11(9-6-2)12(4,13)10-7-3/h11H,5-10,13H2,1-4H3. The predicted molar refractivity (Wildman–Crippen MR) is 60.8 cm³/mol. The summed E-state index contributed by atoms with van der Waals surface area (Å²) in [5, 5.41) is 0. The van der Waals surface area contributed by atoms with Gasteiger partial charge in [-0.15, -0.1) is 0 Å². The Morgan fingerprint density at radius 3 is 1.77 bits per heavy atom. The third-order valence-corrected chi connectivity index (χ3v) is 3.00. The first-order chi connectivity index (χ1) is 6.08. The Kier molecular flexibility index (Phi) is 6.40. The maximum atomic E-state index is 6.34. The largest absolute Gasteiger partial charge is 0.325 e. The highest BCUT2D eigenvalue weighted by molar-refractivity contribution is 4.85. The van der Waals surface area contributed by atoms with Crippen LogP contribution in [0.2, 0.25) is 0 Å². The van der Waals surface area contributed by atoms with Crippen molar-refractivity contribution in [3.8, 4) is 0 Å². The van der Waals surface area contributed by atoms with Gasteiger partial charge in [-0.25, -0.2) is 0 Å². The van der Waals surface area contributed by atoms with E-state index in [1.807, 2.05) is 0 Å². The SMILES string of the molecule is CCCC(CCC)C(C)(N)CCC. The number of hydrogen-bond donors (Lipinski definition) is 1. The molecular formula is C12H27N. The highest BCUT2D eigenvalue weighted by atomic mass is 14.7. The van der Waals surface area contributed by atoms with Gasteiger partial charge in [0.1, 0.15) is 0 Å². The van der Waals surface area contributed by atoms with Crippen molar-refractivity contribution in [2.75, 3.05) is 0 Å². The van der Waals surface area contributed by atoms with Crippen LogP contribution in [0.3, 0.4) is 0 Å². The van der Waals surface area contributed by atoms with Crippen molar-refractivity contribution in [2.24, 2.45) is 11.7 Å². The fraction of sp³-hybridized carbons (Fsp3) is 1.00. The summed E-state index contributed by atoms with van der Waals surface area (Å²) >= 11 is 0. The topological polar surface area (TPSA) is 26.0 Å². The fourth-order valence-corrected chi connectivity index (χ4v) is 2.24. The minimum atomic E-state index is 0.0702. The summed E-state index contributed by atoms with van der Waals surface area (Å²) in [4.78, 5) is 0. The Hall–Kier alpha value is -0.0400. The molecule has 0 rings (SSSR count). The zero-order valence-electron chi connectivity index (χ0n) is 9.90. The smallest absolute Gasteiger partial charge is 0.0154 e. The van der Waals surface area contributed by atoms with Gasteiger partial charge in [0.15, 0.2) is 0 Å². The van der Waals surface area contributed by atoms with Crippen LogP contribution >= 0.6 is 0 Å². The second-order valence-corrected chi connectivity index (χ2v) is 4.53. The van der Waals surface area contributed by atoms with Gasteiger partial charge in [0.25, 0.3) is 0 Å². The van der Waals surface area contributed by atoms with E-state index in [-0.39, 0.29) is 5.54 Å². The summed E-state index contributed by atoms with van der Waals surface area (Å²) < 4.78 is 0. The third-order valence-electron chi connectivity index (χ3n) is 3.00. The fourth-order valence-electron chi connectivity index (χ4n) is 2.24. The number of nitrogens with two attached hydrogens (primary N) is 1. The van der Waals surface area contributed by atoms with E-state index < -0.39 is 0 Å². The summed E-state index contributed by atoms with van der Waals surface area (Å²) in [6, 6.07) is 0. The van der Waals surface area contributed by atoms with Gasteiger partial charge in [0.2, 0.25) is 0 Å². The lowest BCUT2D eigenvalue weighted by atomic mass is 9.78. The Labute approximate surface area is 84.1 Å². The zero-order valence-corrected chi connectivity index (χ0v) is 9.90. The van der Waals surface area contributed by atoms with Crippen LogP contribution in [0.4, 0.5) is 0 Å². The molecule has 0 heterocycles. The molecule has 0 aromatic carbocycles. The molecule has 1 unspecified atom stereocenters. The number of hydrogen-bond acceptors (Lipinski definition) is 1. The molecule has 0 saturated heterocycles. The Morgan fingerprint density at radius 1 is 1.00 bits per heavy atom. The van der Waals surface area contributed by atoms with Crippen LogP contribution < -0.4 is 5.73 Å². The van der Waals surface area contributed by atoms with Crippen molar-refractivity contribution >= 4 is 0 Å². The molecule has 0 fully saturated rings. The molecule has 0 aliphatic carbocycles. The van der Waals surface area contributed by atoms with E-state index >= 15 is 0 Å². The Bertz CT molecular complexity index is 112. The van der Waals surface area contributed by atoms with Crippen molar-refractivity contribution in [1.82, 2.24) is 0 Å². The van der Waals surface area contributed by atoms with E-state index in [9.17, 15) is 0 Å². The van der Waals surface area contributed by atoms with Gasteiger partial charge in [0, 0.05) is 5.54 Å². The first-order valence-corrected chi connectivity index (χ1v) is 5.87. The summed E-state index contributed by atoms with van der Waals surface area (Å²) in [5.74, 6) is 0.724. The van der Waals surface area contributed by atoms with E-state index in [2.05, 4.69) is 27.7 Å². The Morgan fingerprint density at radius 2 is 1.46 bits per heavy atom. The van der Waals surface area contributed by atoms with Gasteiger partial charge in [-0.1, -0.05) is 40.0 Å². The van der Waals surface area contributed by atoms with Crippen LogP contribution in [-0.2, 0) is 0 Å². The monoisotopic (exact) mass is 185 g/mol. The highest BCUT2D eigenvalue weighted by Gasteiger charge is 2.27. The van der Waals surface area contributed by atoms with Gasteiger partial charge >= 0.3 is 0 Å². The second-order valence-electron chi connectivity index (χ2n) is 4.53. The molecule has 0 aromatic rings. The van der Waals surface area contributed by atoms with Gasteiger partial charge in [-0.2, -0.15) is 0 Å². The Balaban J connectivity index is 4.13. The second kappa shape index (κ2) is 6.42. The molecule has 2 N–H and O–H groups in total. The normalized spacial score (nSPS) is 16.2. The third kappa shape index (κ3) is 4.66. The molecule has 0 radical (unpaired) electrons. The molecule has 1 heteroatoms. The van der Waals surface area contributed by atoms with Crippen molar-refractivity contribution < 1.29 is 0 Å². The predicted octanol–water partition coefficient (Wildman–Crippen LogP) is 3.72. The summed E-state index contributed by atoms with van der Waals surface area (Å²) in [6.45, 7) is 8.96. The van der Waals surface area contributed by atoms with Crippen LogP contribution in [-0.4, -0.2) is 5.54 Å². The molecular weight excluding hydrogens is 158 g/mol. The van der Waals surface area contributed by atoms with Crippen LogP contribution in [0.25, 0.3) is 0 Å². The lowest BCUT2D eigenvalue weighted by molar-refractivity contribution is 0.240. The van der Waals surface area contributed by atoms with Gasteiger partial charge < -0.3 is 5.73 Å². The molecule has 1 atom stereocenters. The minimum Gasteiger partial charge on any atom is -0.325 e. The molecule has 0 spiro atoms. The van der Waals surface area contributed by atoms with Crippen molar-refractivity contribution in [2.45, 2.75) is 71.8 Å². The van der Waals surface area contributed by atoms with Crippen molar-refractivity contribution in [3.63, 3.8) is 0 Å². The summed E-state index contributed by atoms with van der Waals surface area (Å²) in [7, 11) is 0. The molecule has 1 nitrogen and oxygen atoms in total. The van der Waals surface area contributed by atoms with Crippen LogP contribution in [0.15, 0.2) is 0 Å². The molecule has 13 heavy (non-hydrogen) atoms. The van der Waals surface area contributed by atoms with Crippen molar-refractivity contribution in [1.29, 1.82) is 0 Å². The molecule has 0 saturated carbocycles. The molecule has 0 aliphatic rings. The van der Waals surface area contributed by atoms with E-state index in [4.69, 9.17) is 5.73 Å². The molecule has 80 valence electrons. The van der Waals surface area contributed by atoms with Gasteiger partial charge in [-0.3, -0.25) is 0 Å². The zero-order chi connectivity index (χ0) is 10.3. The first kappa shape index (κ1) is 13.0. The summed E-state index contributed by atoms with van der Waals surface area (Å²) in [6.07, 6.45) is 7.48. The quantitative estimate of drug-likeness (QED) is 0.642. The van der Waals surface area contributed by atoms with E-state index in [0.29, 0.717) is 0 Å². The van der Waals surface area contributed by atoms with Crippen molar-refractivity contribution in [3.05, 3.63) is 0 Å². The average Bonchev–Trinajstić information content (AvgIpc) is 2.04. The molecule has 0 aliphatic heterocycles. The maximum absolute atomic E-state index is 6.34. The van der Waals surface area contributed by atoms with E-state index in [0.717, 1.165) is 12.3 Å². The molecule has 0 amide bonds. The average molecular weight is 185 g/mol. The first-order valence-electron chi connectivity index (χ1n) is 5.87. The van der Waals surface area contributed by atoms with Gasteiger partial charge in [-0.05, 0) is 32.1 Å². The lowest BCUT2D eigenvalue weighted by Gasteiger charge is -2.34. The molecule has 0 bridgehead atoms. The van der Waals surface area contributed by atoms with Crippen LogP contribution in [0, 0.1) is 5.92 Å². The van der Waals surface area contributed by atoms with Crippen LogP contribution in [0.1, 0.15) is 66.2 Å². The summed E-state index contributed by atoms with van der Waals surface area (Å²) in [5.41, 5.74) is 6.41. The van der Waals surface area contributed by atoms with Crippen LogP contribution in [0.5, 0.6) is 0 Å². The minimum absolute atomic E-state index is 0.0702. The van der Waals surface area contributed by atoms with Gasteiger partial charge in [0.05, 0.1) is 0 Å².